The van der Waals surface area contributed by atoms with Crippen molar-refractivity contribution in [3.8, 4) is 0 Å². The molecule has 0 radical (unpaired) electrons. The zero-order chi connectivity index (χ0) is 18.1. The number of ether oxygens (including phenoxy) is 1. The predicted molar refractivity (Wildman–Crippen MR) is 89.1 cm³/mol. The highest BCUT2D eigenvalue weighted by Gasteiger charge is 2.09. The summed E-state index contributed by atoms with van der Waals surface area (Å²) in [7, 11) is 0. The highest BCUT2D eigenvalue weighted by Crippen LogP contribution is 2.14. The Kier molecular flexibility index (Phi) is 6.40. The Morgan fingerprint density at radius 1 is 1.08 bits per heavy atom. The summed E-state index contributed by atoms with van der Waals surface area (Å²) < 4.78 is 4.88. The van der Waals surface area contributed by atoms with E-state index in [4.69, 9.17) is 4.74 Å². The number of rotatable bonds is 8. The summed E-state index contributed by atoms with van der Waals surface area (Å²) in [5.41, 5.74) is 1.03. The minimum Gasteiger partial charge on any atom is -0.452 e. The first-order valence-corrected chi connectivity index (χ1v) is 7.38. The second-order valence-corrected chi connectivity index (χ2v) is 4.89. The summed E-state index contributed by atoms with van der Waals surface area (Å²) in [6.07, 6.45) is 2.92. The molecule has 0 aliphatic carbocycles. The Hall–Kier alpha value is -3.49. The third kappa shape index (κ3) is 5.90. The number of esters is 1. The van der Waals surface area contributed by atoms with E-state index in [1.165, 1.54) is 36.7 Å². The van der Waals surface area contributed by atoms with Crippen molar-refractivity contribution in [3.05, 3.63) is 64.5 Å². The van der Waals surface area contributed by atoms with Gasteiger partial charge in [-0.3, -0.25) is 19.9 Å². The number of non-ortho nitro benzene ring substituents is 1. The molecule has 1 amide bonds. The minimum absolute atomic E-state index is 0.00914. The lowest BCUT2D eigenvalue weighted by Crippen LogP contribution is -2.32. The van der Waals surface area contributed by atoms with Crippen molar-refractivity contribution in [2.24, 2.45) is 0 Å². The topological polar surface area (TPSA) is 123 Å². The van der Waals surface area contributed by atoms with E-state index in [1.807, 2.05) is 0 Å². The standard InChI is InChI=1S/C16H16N4O5/c21-15(11-25-16(22)12-5-7-17-8-6-12)19-10-9-18-13-1-3-14(4-2-13)20(23)24/h1-8,18H,9-11H2,(H,19,21). The first-order chi connectivity index (χ1) is 12.1. The maximum absolute atomic E-state index is 11.6. The Morgan fingerprint density at radius 3 is 2.40 bits per heavy atom. The molecule has 0 unspecified atom stereocenters. The second-order valence-electron chi connectivity index (χ2n) is 4.89. The van der Waals surface area contributed by atoms with Crippen molar-refractivity contribution in [2.45, 2.75) is 0 Å². The molecule has 2 N–H and O–H groups in total. The van der Waals surface area contributed by atoms with Gasteiger partial charge in [-0.05, 0) is 24.3 Å². The number of aromatic nitrogens is 1. The molecule has 25 heavy (non-hydrogen) atoms. The molecule has 0 aliphatic heterocycles. The summed E-state index contributed by atoms with van der Waals surface area (Å²) in [4.78, 5) is 37.1. The fraction of sp³-hybridized carbons (Fsp3) is 0.188. The number of nitro groups is 1. The van der Waals surface area contributed by atoms with Crippen LogP contribution < -0.4 is 10.6 Å². The summed E-state index contributed by atoms with van der Waals surface area (Å²) in [6, 6.07) is 8.93. The van der Waals surface area contributed by atoms with Gasteiger partial charge in [-0.15, -0.1) is 0 Å². The van der Waals surface area contributed by atoms with Crippen LogP contribution >= 0.6 is 0 Å². The van der Waals surface area contributed by atoms with Crippen molar-refractivity contribution >= 4 is 23.3 Å². The molecule has 0 aliphatic rings. The van der Waals surface area contributed by atoms with Crippen LogP contribution in [-0.2, 0) is 9.53 Å². The number of benzene rings is 1. The highest BCUT2D eigenvalue weighted by atomic mass is 16.6. The molecule has 0 atom stereocenters. The number of nitrogens with zero attached hydrogens (tertiary/aromatic N) is 2. The van der Waals surface area contributed by atoms with Gasteiger partial charge in [0.05, 0.1) is 10.5 Å². The van der Waals surface area contributed by atoms with Crippen LogP contribution in [-0.4, -0.2) is 41.5 Å². The van der Waals surface area contributed by atoms with Crippen LogP contribution in [0.4, 0.5) is 11.4 Å². The molecule has 0 fully saturated rings. The molecule has 9 nitrogen and oxygen atoms in total. The number of pyridine rings is 1. The van der Waals surface area contributed by atoms with Gasteiger partial charge in [0.15, 0.2) is 6.61 Å². The summed E-state index contributed by atoms with van der Waals surface area (Å²) >= 11 is 0. The lowest BCUT2D eigenvalue weighted by atomic mass is 10.3. The van der Waals surface area contributed by atoms with Gasteiger partial charge in [-0.25, -0.2) is 4.79 Å². The molecule has 130 valence electrons. The maximum atomic E-state index is 11.6. The number of hydrogen-bond donors (Lipinski definition) is 2. The first kappa shape index (κ1) is 17.9. The van der Waals surface area contributed by atoms with Crippen molar-refractivity contribution < 1.29 is 19.2 Å². The van der Waals surface area contributed by atoms with Crippen LogP contribution in [0.2, 0.25) is 0 Å². The SMILES string of the molecule is O=C(COC(=O)c1ccncc1)NCCNc1ccc([N+](=O)[O-])cc1. The van der Waals surface area contributed by atoms with E-state index in [1.54, 1.807) is 12.1 Å². The second kappa shape index (κ2) is 8.96. The van der Waals surface area contributed by atoms with E-state index < -0.39 is 16.8 Å². The Morgan fingerprint density at radius 2 is 1.76 bits per heavy atom. The zero-order valence-corrected chi connectivity index (χ0v) is 13.2. The molecule has 9 heteroatoms. The van der Waals surface area contributed by atoms with Gasteiger partial charge in [-0.1, -0.05) is 0 Å². The van der Waals surface area contributed by atoms with E-state index in [-0.39, 0.29) is 12.3 Å². The fourth-order valence-electron chi connectivity index (χ4n) is 1.86. The average Bonchev–Trinajstić information content (AvgIpc) is 2.64. The normalized spacial score (nSPS) is 9.92. The van der Waals surface area contributed by atoms with Gasteiger partial charge in [0.25, 0.3) is 11.6 Å². The summed E-state index contributed by atoms with van der Waals surface area (Å²) in [6.45, 7) is 0.350. The summed E-state index contributed by atoms with van der Waals surface area (Å²) in [5, 5.41) is 16.1. The minimum atomic E-state index is -0.596. The van der Waals surface area contributed by atoms with E-state index >= 15 is 0 Å². The van der Waals surface area contributed by atoms with Crippen LogP contribution in [0.5, 0.6) is 0 Å². The van der Waals surface area contributed by atoms with E-state index in [9.17, 15) is 19.7 Å². The Balaban J connectivity index is 1.63. The number of nitro benzene ring substituents is 1. The van der Waals surface area contributed by atoms with Gasteiger partial charge in [0.2, 0.25) is 0 Å². The molecule has 2 rings (SSSR count). The third-order valence-electron chi connectivity index (χ3n) is 3.10. The lowest BCUT2D eigenvalue weighted by Gasteiger charge is -2.08. The molecular weight excluding hydrogens is 328 g/mol. The Labute approximate surface area is 143 Å². The lowest BCUT2D eigenvalue weighted by molar-refractivity contribution is -0.384. The van der Waals surface area contributed by atoms with E-state index in [0.717, 1.165) is 0 Å². The summed E-state index contributed by atoms with van der Waals surface area (Å²) in [5.74, 6) is -1.02. The maximum Gasteiger partial charge on any atom is 0.338 e. The quantitative estimate of drug-likeness (QED) is 0.321. The van der Waals surface area contributed by atoms with Gasteiger partial charge >= 0.3 is 5.97 Å². The predicted octanol–water partition coefficient (Wildman–Crippen LogP) is 1.37. The molecular formula is C16H16N4O5. The number of carbonyl (C=O) groups is 2. The van der Waals surface area contributed by atoms with Crippen molar-refractivity contribution in [3.63, 3.8) is 0 Å². The van der Waals surface area contributed by atoms with Gasteiger partial charge in [-0.2, -0.15) is 0 Å². The average molecular weight is 344 g/mol. The van der Waals surface area contributed by atoms with E-state index in [2.05, 4.69) is 15.6 Å². The fourth-order valence-corrected chi connectivity index (χ4v) is 1.86. The molecule has 1 heterocycles. The molecule has 1 aromatic heterocycles. The van der Waals surface area contributed by atoms with Crippen molar-refractivity contribution in [1.29, 1.82) is 0 Å². The number of nitrogens with one attached hydrogen (secondary N) is 2. The van der Waals surface area contributed by atoms with Crippen molar-refractivity contribution in [1.82, 2.24) is 10.3 Å². The van der Waals surface area contributed by atoms with Crippen LogP contribution in [0.25, 0.3) is 0 Å². The number of carbonyl (C=O) groups excluding carboxylic acids is 2. The molecule has 0 saturated carbocycles. The Bertz CT molecular complexity index is 734. The highest BCUT2D eigenvalue weighted by molar-refractivity contribution is 5.91. The first-order valence-electron chi connectivity index (χ1n) is 7.38. The van der Waals surface area contributed by atoms with Gasteiger partial charge in [0, 0.05) is 43.3 Å². The zero-order valence-electron chi connectivity index (χ0n) is 13.2. The molecule has 0 saturated heterocycles. The molecule has 2 aromatic rings. The largest absolute Gasteiger partial charge is 0.452 e. The number of amides is 1. The smallest absolute Gasteiger partial charge is 0.338 e. The molecule has 1 aromatic carbocycles. The van der Waals surface area contributed by atoms with Gasteiger partial charge < -0.3 is 15.4 Å². The number of anilines is 1. The molecule has 0 bridgehead atoms. The number of hydrogen-bond acceptors (Lipinski definition) is 7. The van der Waals surface area contributed by atoms with Crippen LogP contribution in [0.15, 0.2) is 48.8 Å². The van der Waals surface area contributed by atoms with Crippen molar-refractivity contribution in [2.75, 3.05) is 25.0 Å². The van der Waals surface area contributed by atoms with Crippen LogP contribution in [0.3, 0.4) is 0 Å². The van der Waals surface area contributed by atoms with Crippen LogP contribution in [0, 0.1) is 10.1 Å². The van der Waals surface area contributed by atoms with Crippen LogP contribution in [0.1, 0.15) is 10.4 Å². The third-order valence-corrected chi connectivity index (χ3v) is 3.10. The molecule has 0 spiro atoms. The van der Waals surface area contributed by atoms with Gasteiger partial charge in [0.1, 0.15) is 0 Å². The van der Waals surface area contributed by atoms with E-state index in [0.29, 0.717) is 24.3 Å². The monoisotopic (exact) mass is 344 g/mol.